The van der Waals surface area contributed by atoms with E-state index >= 15 is 0 Å². The van der Waals surface area contributed by atoms with Gasteiger partial charge in [-0.05, 0) is 40.9 Å². The molecule has 0 aliphatic carbocycles. The van der Waals surface area contributed by atoms with E-state index in [0.29, 0.717) is 18.0 Å². The van der Waals surface area contributed by atoms with Gasteiger partial charge in [-0.1, -0.05) is 0 Å². The smallest absolute Gasteiger partial charge is 0.255 e. The normalized spacial score (nSPS) is 24.1. The number of ether oxygens (including phenoxy) is 1. The van der Waals surface area contributed by atoms with Crippen LogP contribution in [0, 0.1) is 12.8 Å². The molecule has 0 unspecified atom stereocenters. The SMILES string of the molecule is Cc1cncc(C(=O)N2C[C@@H]3CN(Cc4ccsc4)CCO[C@@H]3C2)c1. The molecule has 2 aromatic heterocycles. The van der Waals surface area contributed by atoms with Gasteiger partial charge in [-0.3, -0.25) is 14.7 Å². The van der Waals surface area contributed by atoms with Crippen LogP contribution in [0.2, 0.25) is 0 Å². The van der Waals surface area contributed by atoms with Gasteiger partial charge in [0.2, 0.25) is 0 Å². The number of hydrogen-bond donors (Lipinski definition) is 0. The fourth-order valence-corrected chi connectivity index (χ4v) is 4.43. The molecule has 2 aliphatic rings. The van der Waals surface area contributed by atoms with Crippen LogP contribution in [0.1, 0.15) is 21.5 Å². The Balaban J connectivity index is 1.42. The standard InChI is InChI=1S/C19H23N3O2S/c1-14-6-16(8-20-7-14)19(23)22-11-17-10-21(3-4-24-18(17)12-22)9-15-2-5-25-13-15/h2,5-8,13,17-18H,3-4,9-12H2,1H3/t17-,18+/m0/s1. The number of thiophene rings is 1. The third-order valence-electron chi connectivity index (χ3n) is 5.01. The molecular weight excluding hydrogens is 334 g/mol. The first-order valence-electron chi connectivity index (χ1n) is 8.75. The monoisotopic (exact) mass is 357 g/mol. The third kappa shape index (κ3) is 3.76. The summed E-state index contributed by atoms with van der Waals surface area (Å²) in [6, 6.07) is 4.09. The minimum Gasteiger partial charge on any atom is -0.375 e. The van der Waals surface area contributed by atoms with Crippen LogP contribution in [0.15, 0.2) is 35.3 Å². The molecule has 2 saturated heterocycles. The zero-order valence-electron chi connectivity index (χ0n) is 14.4. The zero-order valence-corrected chi connectivity index (χ0v) is 15.2. The highest BCUT2D eigenvalue weighted by molar-refractivity contribution is 7.07. The largest absolute Gasteiger partial charge is 0.375 e. The summed E-state index contributed by atoms with van der Waals surface area (Å²) >= 11 is 1.74. The van der Waals surface area contributed by atoms with Gasteiger partial charge in [-0.15, -0.1) is 0 Å². The predicted molar refractivity (Wildman–Crippen MR) is 97.7 cm³/mol. The van der Waals surface area contributed by atoms with Crippen molar-refractivity contribution in [3.8, 4) is 0 Å². The molecule has 0 spiro atoms. The van der Waals surface area contributed by atoms with Crippen molar-refractivity contribution >= 4 is 17.2 Å². The summed E-state index contributed by atoms with van der Waals surface area (Å²) in [4.78, 5) is 21.3. The summed E-state index contributed by atoms with van der Waals surface area (Å²) in [7, 11) is 0. The molecule has 2 aliphatic heterocycles. The highest BCUT2D eigenvalue weighted by atomic mass is 32.1. The second-order valence-electron chi connectivity index (χ2n) is 7.00. The van der Waals surface area contributed by atoms with Gasteiger partial charge < -0.3 is 9.64 Å². The predicted octanol–water partition coefficient (Wildman–Crippen LogP) is 2.42. The molecule has 0 bridgehead atoms. The molecule has 25 heavy (non-hydrogen) atoms. The van der Waals surface area contributed by atoms with E-state index in [1.54, 1.807) is 23.7 Å². The van der Waals surface area contributed by atoms with Crippen molar-refractivity contribution in [2.24, 2.45) is 5.92 Å². The molecule has 5 nitrogen and oxygen atoms in total. The highest BCUT2D eigenvalue weighted by Gasteiger charge is 2.38. The number of rotatable bonds is 3. The number of fused-ring (bicyclic) bond motifs is 1. The molecule has 132 valence electrons. The van der Waals surface area contributed by atoms with Gasteiger partial charge in [-0.2, -0.15) is 11.3 Å². The second-order valence-corrected chi connectivity index (χ2v) is 7.78. The number of amides is 1. The summed E-state index contributed by atoms with van der Waals surface area (Å²) in [6.07, 6.45) is 3.58. The summed E-state index contributed by atoms with van der Waals surface area (Å²) in [5, 5.41) is 4.33. The molecule has 2 fully saturated rings. The summed E-state index contributed by atoms with van der Waals surface area (Å²) < 4.78 is 6.07. The van der Waals surface area contributed by atoms with Crippen molar-refractivity contribution in [1.29, 1.82) is 0 Å². The molecule has 0 N–H and O–H groups in total. The van der Waals surface area contributed by atoms with Gasteiger partial charge in [0.25, 0.3) is 5.91 Å². The lowest BCUT2D eigenvalue weighted by Gasteiger charge is -2.23. The Morgan fingerprint density at radius 1 is 1.36 bits per heavy atom. The average Bonchev–Trinajstić information content (AvgIpc) is 3.21. The number of hydrogen-bond acceptors (Lipinski definition) is 5. The lowest BCUT2D eigenvalue weighted by atomic mass is 10.1. The van der Waals surface area contributed by atoms with E-state index in [1.165, 1.54) is 5.56 Å². The molecule has 4 rings (SSSR count). The number of carbonyl (C=O) groups excluding carboxylic acids is 1. The zero-order chi connectivity index (χ0) is 17.2. The number of pyridine rings is 1. The van der Waals surface area contributed by atoms with E-state index in [0.717, 1.165) is 38.3 Å². The highest BCUT2D eigenvalue weighted by Crippen LogP contribution is 2.26. The fourth-order valence-electron chi connectivity index (χ4n) is 3.77. The topological polar surface area (TPSA) is 45.7 Å². The van der Waals surface area contributed by atoms with Gasteiger partial charge in [0, 0.05) is 51.0 Å². The van der Waals surface area contributed by atoms with Crippen molar-refractivity contribution in [1.82, 2.24) is 14.8 Å². The lowest BCUT2D eigenvalue weighted by Crippen LogP contribution is -2.33. The van der Waals surface area contributed by atoms with Gasteiger partial charge in [0.05, 0.1) is 18.3 Å². The van der Waals surface area contributed by atoms with Gasteiger partial charge >= 0.3 is 0 Å². The quantitative estimate of drug-likeness (QED) is 0.846. The van der Waals surface area contributed by atoms with Gasteiger partial charge in [0.1, 0.15) is 0 Å². The Bertz CT molecular complexity index is 734. The number of nitrogens with zero attached hydrogens (tertiary/aromatic N) is 3. The number of likely N-dealkylation sites (tertiary alicyclic amines) is 1. The van der Waals surface area contributed by atoms with Crippen LogP contribution in [-0.2, 0) is 11.3 Å². The fraction of sp³-hybridized carbons (Fsp3) is 0.474. The molecule has 6 heteroatoms. The van der Waals surface area contributed by atoms with Crippen molar-refractivity contribution in [2.45, 2.75) is 19.6 Å². The molecule has 0 aromatic carbocycles. The van der Waals surface area contributed by atoms with E-state index in [2.05, 4.69) is 26.7 Å². The van der Waals surface area contributed by atoms with Crippen LogP contribution in [0.25, 0.3) is 0 Å². The van der Waals surface area contributed by atoms with Crippen LogP contribution in [0.5, 0.6) is 0 Å². The number of aryl methyl sites for hydroxylation is 1. The third-order valence-corrected chi connectivity index (χ3v) is 5.74. The number of aromatic nitrogens is 1. The maximum Gasteiger partial charge on any atom is 0.255 e. The van der Waals surface area contributed by atoms with Crippen LogP contribution in [0.3, 0.4) is 0 Å². The molecule has 4 heterocycles. The molecule has 1 amide bonds. The Kier molecular flexibility index (Phi) is 4.83. The van der Waals surface area contributed by atoms with E-state index < -0.39 is 0 Å². The van der Waals surface area contributed by atoms with Crippen LogP contribution < -0.4 is 0 Å². The minimum atomic E-state index is 0.0669. The Morgan fingerprint density at radius 2 is 2.28 bits per heavy atom. The van der Waals surface area contributed by atoms with E-state index in [1.807, 2.05) is 17.9 Å². The van der Waals surface area contributed by atoms with Crippen molar-refractivity contribution in [3.05, 3.63) is 52.0 Å². The van der Waals surface area contributed by atoms with Crippen LogP contribution in [0.4, 0.5) is 0 Å². The summed E-state index contributed by atoms with van der Waals surface area (Å²) in [6.45, 7) is 7.05. The first-order chi connectivity index (χ1) is 12.2. The Labute approximate surface area is 152 Å². The van der Waals surface area contributed by atoms with Crippen molar-refractivity contribution in [2.75, 3.05) is 32.8 Å². The molecule has 2 atom stereocenters. The Hall–Kier alpha value is -1.76. The molecule has 2 aromatic rings. The van der Waals surface area contributed by atoms with Gasteiger partial charge in [0.15, 0.2) is 0 Å². The van der Waals surface area contributed by atoms with E-state index in [-0.39, 0.29) is 12.0 Å². The summed E-state index contributed by atoms with van der Waals surface area (Å²) in [5.41, 5.74) is 3.05. The Morgan fingerprint density at radius 3 is 3.08 bits per heavy atom. The molecular formula is C19H23N3O2S. The average molecular weight is 357 g/mol. The van der Waals surface area contributed by atoms with Crippen LogP contribution >= 0.6 is 11.3 Å². The maximum atomic E-state index is 12.8. The first-order valence-corrected chi connectivity index (χ1v) is 9.69. The first kappa shape index (κ1) is 16.7. The van der Waals surface area contributed by atoms with Crippen LogP contribution in [-0.4, -0.2) is 59.6 Å². The van der Waals surface area contributed by atoms with Gasteiger partial charge in [-0.25, -0.2) is 0 Å². The lowest BCUT2D eigenvalue weighted by molar-refractivity contribution is 0.0483. The molecule has 0 saturated carbocycles. The maximum absolute atomic E-state index is 12.8. The van der Waals surface area contributed by atoms with E-state index in [4.69, 9.17) is 4.74 Å². The van der Waals surface area contributed by atoms with Crippen molar-refractivity contribution in [3.63, 3.8) is 0 Å². The van der Waals surface area contributed by atoms with Crippen molar-refractivity contribution < 1.29 is 9.53 Å². The van der Waals surface area contributed by atoms with E-state index in [9.17, 15) is 4.79 Å². The minimum absolute atomic E-state index is 0.0669. The second kappa shape index (κ2) is 7.23. The summed E-state index contributed by atoms with van der Waals surface area (Å²) in [5.74, 6) is 0.445. The molecule has 0 radical (unpaired) electrons. The number of carbonyl (C=O) groups is 1.